The van der Waals surface area contributed by atoms with E-state index in [1.54, 1.807) is 0 Å². The highest BCUT2D eigenvalue weighted by Crippen LogP contribution is 2.29. The van der Waals surface area contributed by atoms with Crippen molar-refractivity contribution in [1.29, 1.82) is 0 Å². The Labute approximate surface area is 154 Å². The third kappa shape index (κ3) is 7.09. The molecule has 1 rings (SSSR count). The van der Waals surface area contributed by atoms with Crippen LogP contribution in [0.5, 0.6) is 0 Å². The summed E-state index contributed by atoms with van der Waals surface area (Å²) in [5, 5.41) is 0. The molecule has 1 aliphatic rings. The van der Waals surface area contributed by atoms with E-state index in [0.717, 1.165) is 27.7 Å². The van der Waals surface area contributed by atoms with E-state index >= 15 is 0 Å². The summed E-state index contributed by atoms with van der Waals surface area (Å²) in [5.41, 5.74) is 4.99. The first-order chi connectivity index (χ1) is 12.5. The molecule has 0 unspecified atom stereocenters. The fraction of sp³-hybridized carbons (Fsp3) is 0.667. The monoisotopic (exact) mass is 391 g/mol. The van der Waals surface area contributed by atoms with Gasteiger partial charge in [-0.25, -0.2) is 4.79 Å². The van der Waals surface area contributed by atoms with Gasteiger partial charge in [-0.2, -0.15) is 0 Å². The van der Waals surface area contributed by atoms with Gasteiger partial charge in [-0.1, -0.05) is 0 Å². The van der Waals surface area contributed by atoms with E-state index in [2.05, 4.69) is 0 Å². The van der Waals surface area contributed by atoms with E-state index in [-0.39, 0.29) is 0 Å². The van der Waals surface area contributed by atoms with Crippen molar-refractivity contribution in [2.45, 2.75) is 58.4 Å². The third-order valence-corrected chi connectivity index (χ3v) is 3.18. The quantitative estimate of drug-likeness (QED) is 0.443. The summed E-state index contributed by atoms with van der Waals surface area (Å²) in [6.07, 6.45) is -8.33. The van der Waals surface area contributed by atoms with Gasteiger partial charge < -0.3 is 34.2 Å². The zero-order valence-corrected chi connectivity index (χ0v) is 15.2. The van der Waals surface area contributed by atoms with Crippen LogP contribution >= 0.6 is 0 Å². The zero-order chi connectivity index (χ0) is 20.7. The number of hydrogen-bond acceptors (Lipinski definition) is 11. The first kappa shape index (κ1) is 22.2. The molecule has 152 valence electrons. The van der Waals surface area contributed by atoms with Crippen LogP contribution in [-0.2, 0) is 47.6 Å². The van der Waals surface area contributed by atoms with Crippen molar-refractivity contribution in [2.24, 2.45) is 5.73 Å². The molecule has 2 N–H and O–H groups in total. The Kier molecular flexibility index (Phi) is 7.97. The van der Waals surface area contributed by atoms with E-state index in [1.165, 1.54) is 0 Å². The van der Waals surface area contributed by atoms with Crippen LogP contribution in [0.4, 0.5) is 4.79 Å². The van der Waals surface area contributed by atoms with Crippen LogP contribution in [0.2, 0.25) is 0 Å². The molecule has 0 aromatic carbocycles. The zero-order valence-electron chi connectivity index (χ0n) is 15.2. The van der Waals surface area contributed by atoms with Crippen LogP contribution in [0.1, 0.15) is 27.7 Å². The molecule has 1 fully saturated rings. The standard InChI is InChI=1S/C15H21NO11/c1-6(17)22-5-10-11(23-7(2)18)12(24-8(3)19)13(25-9(4)20)14(26-10)27-15(16)21/h10-14H,5H2,1-4H3,(H2,16,21)/t10-,11-,12+,13-,14+/m1/s1. The van der Waals surface area contributed by atoms with Gasteiger partial charge in [0, 0.05) is 27.7 Å². The second-order valence-electron chi connectivity index (χ2n) is 5.50. The summed E-state index contributed by atoms with van der Waals surface area (Å²) in [5.74, 6) is -3.07. The molecule has 1 saturated heterocycles. The first-order valence-electron chi connectivity index (χ1n) is 7.77. The van der Waals surface area contributed by atoms with Gasteiger partial charge in [0.25, 0.3) is 0 Å². The SMILES string of the molecule is CC(=O)OC[C@H]1O[C@@H](OC(N)=O)[C@H](OC(C)=O)[C@@H](OC(C)=O)[C@@H]1OC(C)=O. The molecule has 1 aliphatic heterocycles. The summed E-state index contributed by atoms with van der Waals surface area (Å²) in [4.78, 5) is 56.7. The Morgan fingerprint density at radius 2 is 1.22 bits per heavy atom. The molecule has 0 bridgehead atoms. The highest BCUT2D eigenvalue weighted by Gasteiger charge is 2.53. The Morgan fingerprint density at radius 3 is 1.67 bits per heavy atom. The molecule has 1 heterocycles. The normalized spacial score (nSPS) is 27.0. The van der Waals surface area contributed by atoms with Crippen LogP contribution in [0.15, 0.2) is 0 Å². The number of rotatable bonds is 6. The predicted molar refractivity (Wildman–Crippen MR) is 82.6 cm³/mol. The maximum atomic E-state index is 11.5. The Bertz CT molecular complexity index is 605. The lowest BCUT2D eigenvalue weighted by atomic mass is 9.98. The molecular formula is C15H21NO11. The van der Waals surface area contributed by atoms with Crippen molar-refractivity contribution < 1.29 is 52.4 Å². The Balaban J connectivity index is 3.29. The highest BCUT2D eigenvalue weighted by molar-refractivity contribution is 5.69. The lowest BCUT2D eigenvalue weighted by Crippen LogP contribution is -2.63. The number of primary amides is 1. The van der Waals surface area contributed by atoms with Crippen molar-refractivity contribution in [3.63, 3.8) is 0 Å². The smallest absolute Gasteiger partial charge is 0.406 e. The lowest BCUT2D eigenvalue weighted by Gasteiger charge is -2.43. The van der Waals surface area contributed by atoms with Crippen molar-refractivity contribution in [3.05, 3.63) is 0 Å². The van der Waals surface area contributed by atoms with Crippen LogP contribution in [0.25, 0.3) is 0 Å². The maximum Gasteiger partial charge on any atom is 0.406 e. The number of carbonyl (C=O) groups is 5. The molecule has 0 saturated carbocycles. The van der Waals surface area contributed by atoms with E-state index in [9.17, 15) is 24.0 Å². The summed E-state index contributed by atoms with van der Waals surface area (Å²) >= 11 is 0. The Morgan fingerprint density at radius 1 is 0.741 bits per heavy atom. The minimum atomic E-state index is -1.61. The Hall–Kier alpha value is -2.89. The van der Waals surface area contributed by atoms with Crippen molar-refractivity contribution in [2.75, 3.05) is 6.61 Å². The van der Waals surface area contributed by atoms with Gasteiger partial charge in [0.15, 0.2) is 12.2 Å². The van der Waals surface area contributed by atoms with Crippen molar-refractivity contribution in [1.82, 2.24) is 0 Å². The van der Waals surface area contributed by atoms with E-state index in [1.807, 2.05) is 0 Å². The van der Waals surface area contributed by atoms with Crippen LogP contribution in [-0.4, -0.2) is 67.3 Å². The van der Waals surface area contributed by atoms with Gasteiger partial charge in [0.1, 0.15) is 12.7 Å². The largest absolute Gasteiger partial charge is 0.463 e. The summed E-state index contributed by atoms with van der Waals surface area (Å²) in [7, 11) is 0. The van der Waals surface area contributed by atoms with Gasteiger partial charge >= 0.3 is 30.0 Å². The molecule has 12 heteroatoms. The number of carbonyl (C=O) groups excluding carboxylic acids is 5. The average Bonchev–Trinajstić information content (AvgIpc) is 2.49. The van der Waals surface area contributed by atoms with E-state index in [4.69, 9.17) is 34.2 Å². The molecule has 0 aliphatic carbocycles. The van der Waals surface area contributed by atoms with Gasteiger partial charge in [0.2, 0.25) is 12.4 Å². The summed E-state index contributed by atoms with van der Waals surface area (Å²) in [6.45, 7) is 3.90. The van der Waals surface area contributed by atoms with Gasteiger partial charge in [-0.05, 0) is 0 Å². The minimum absolute atomic E-state index is 0.434. The second-order valence-corrected chi connectivity index (χ2v) is 5.50. The number of ether oxygens (including phenoxy) is 6. The summed E-state index contributed by atoms with van der Waals surface area (Å²) in [6, 6.07) is 0. The fourth-order valence-corrected chi connectivity index (χ4v) is 2.40. The van der Waals surface area contributed by atoms with Crippen molar-refractivity contribution in [3.8, 4) is 0 Å². The van der Waals surface area contributed by atoms with Crippen LogP contribution in [0.3, 0.4) is 0 Å². The van der Waals surface area contributed by atoms with Gasteiger partial charge in [-0.15, -0.1) is 0 Å². The third-order valence-electron chi connectivity index (χ3n) is 3.18. The van der Waals surface area contributed by atoms with Crippen LogP contribution in [0, 0.1) is 0 Å². The molecule has 0 aromatic rings. The van der Waals surface area contributed by atoms with Gasteiger partial charge in [-0.3, -0.25) is 19.2 Å². The number of hydrogen-bond donors (Lipinski definition) is 1. The number of amides is 1. The predicted octanol–water partition coefficient (Wildman–Crippen LogP) is -0.835. The molecule has 0 radical (unpaired) electrons. The first-order valence-corrected chi connectivity index (χ1v) is 7.77. The molecule has 0 spiro atoms. The topological polar surface area (TPSA) is 167 Å². The minimum Gasteiger partial charge on any atom is -0.463 e. The van der Waals surface area contributed by atoms with Crippen LogP contribution < -0.4 is 5.73 Å². The molecule has 5 atom stereocenters. The maximum absolute atomic E-state index is 11.5. The lowest BCUT2D eigenvalue weighted by molar-refractivity contribution is -0.294. The molecular weight excluding hydrogens is 370 g/mol. The van der Waals surface area contributed by atoms with Crippen molar-refractivity contribution >= 4 is 30.0 Å². The average molecular weight is 391 g/mol. The number of esters is 4. The molecule has 1 amide bonds. The molecule has 0 aromatic heterocycles. The van der Waals surface area contributed by atoms with E-state index < -0.39 is 67.3 Å². The fourth-order valence-electron chi connectivity index (χ4n) is 2.40. The van der Waals surface area contributed by atoms with E-state index in [0.29, 0.717) is 0 Å². The molecule has 27 heavy (non-hydrogen) atoms. The highest BCUT2D eigenvalue weighted by atomic mass is 16.7. The molecule has 12 nitrogen and oxygen atoms in total. The summed E-state index contributed by atoms with van der Waals surface area (Å²) < 4.78 is 30.3. The second kappa shape index (κ2) is 9.71. The number of nitrogens with two attached hydrogens (primary N) is 1. The van der Waals surface area contributed by atoms with Gasteiger partial charge in [0.05, 0.1) is 0 Å².